The van der Waals surface area contributed by atoms with Crippen LogP contribution in [0.3, 0.4) is 0 Å². The third kappa shape index (κ3) is 5.22. The molecule has 0 bridgehead atoms. The predicted octanol–water partition coefficient (Wildman–Crippen LogP) is 3.50. The van der Waals surface area contributed by atoms with Crippen molar-refractivity contribution in [2.45, 2.75) is 84.1 Å². The lowest BCUT2D eigenvalue weighted by Crippen LogP contribution is -2.60. The first-order chi connectivity index (χ1) is 18.4. The summed E-state index contributed by atoms with van der Waals surface area (Å²) in [6.07, 6.45) is 3.77. The molecule has 0 radical (unpaired) electrons. The maximum absolute atomic E-state index is 13.8. The van der Waals surface area contributed by atoms with Crippen molar-refractivity contribution in [1.82, 2.24) is 4.72 Å². The van der Waals surface area contributed by atoms with E-state index in [1.54, 1.807) is 0 Å². The van der Waals surface area contributed by atoms with Gasteiger partial charge in [-0.3, -0.25) is 24.0 Å². The molecule has 9 nitrogen and oxygen atoms in total. The van der Waals surface area contributed by atoms with Gasteiger partial charge in [-0.1, -0.05) is 20.8 Å². The third-order valence-corrected chi connectivity index (χ3v) is 11.7. The minimum Gasteiger partial charge on any atom is -0.456 e. The van der Waals surface area contributed by atoms with Gasteiger partial charge in [-0.2, -0.15) is 21.6 Å². The smallest absolute Gasteiger partial charge is 0.456 e. The minimum absolute atomic E-state index is 0.0163. The number of esters is 1. The van der Waals surface area contributed by atoms with Gasteiger partial charge >= 0.3 is 21.5 Å². The first kappa shape index (κ1) is 30.6. The first-order valence-electron chi connectivity index (χ1n) is 13.8. The quantitative estimate of drug-likeness (QED) is 0.444. The Labute approximate surface area is 231 Å². The second-order valence-corrected chi connectivity index (χ2v) is 14.3. The molecule has 8 atom stereocenters. The van der Waals surface area contributed by atoms with Gasteiger partial charge in [0.1, 0.15) is 17.3 Å². The number of nitrogens with one attached hydrogen (secondary N) is 1. The first-order valence-corrected chi connectivity index (χ1v) is 15.3. The van der Waals surface area contributed by atoms with Gasteiger partial charge in [0.05, 0.1) is 0 Å². The van der Waals surface area contributed by atoms with Gasteiger partial charge in [-0.05, 0) is 60.7 Å². The highest BCUT2D eigenvalue weighted by molar-refractivity contribution is 7.90. The van der Waals surface area contributed by atoms with Gasteiger partial charge in [-0.25, -0.2) is 4.72 Å². The zero-order valence-electron chi connectivity index (χ0n) is 22.8. The van der Waals surface area contributed by atoms with Crippen LogP contribution in [0.4, 0.5) is 13.2 Å². The van der Waals surface area contributed by atoms with Crippen molar-refractivity contribution in [3.63, 3.8) is 0 Å². The van der Waals surface area contributed by atoms with E-state index in [1.165, 1.54) is 0 Å². The number of carbonyl (C=O) groups is 5. The molecule has 4 aliphatic rings. The second-order valence-electron chi connectivity index (χ2n) is 12.6. The Bertz CT molecular complexity index is 1220. The van der Waals surface area contributed by atoms with Crippen LogP contribution in [0, 0.1) is 46.3 Å². The van der Waals surface area contributed by atoms with Crippen molar-refractivity contribution in [2.24, 2.45) is 46.3 Å². The highest BCUT2D eigenvalue weighted by Gasteiger charge is 2.66. The summed E-state index contributed by atoms with van der Waals surface area (Å²) < 4.78 is 64.6. The molecule has 0 saturated heterocycles. The standard InChI is InChI=1S/C27H36F3NO8S/c1-14(4-7-23(36)39-13-22(35)31-40(37,38)27(28,29)30)17-5-6-18-24-19(12-21(34)26(17,18)3)25(2)9-8-16(32)10-15(25)11-20(24)33/h14-15,17-19,24H,4-13H2,1-3H3,(H,31,35)/t14-,15+,17-,18+,19+,24+,25?,26-/m1/s1. The summed E-state index contributed by atoms with van der Waals surface area (Å²) in [6, 6.07) is 0. The van der Waals surface area contributed by atoms with E-state index >= 15 is 0 Å². The molecular formula is C27H36F3NO8S. The number of Topliss-reactive ketones (excluding diaryl/α,β-unsaturated/α-hetero) is 3. The highest BCUT2D eigenvalue weighted by atomic mass is 32.2. The summed E-state index contributed by atoms with van der Waals surface area (Å²) >= 11 is 0. The number of sulfonamides is 1. The van der Waals surface area contributed by atoms with Gasteiger partial charge in [0.15, 0.2) is 6.61 Å². The van der Waals surface area contributed by atoms with Gasteiger partial charge < -0.3 is 4.74 Å². The summed E-state index contributed by atoms with van der Waals surface area (Å²) in [7, 11) is -5.89. The summed E-state index contributed by atoms with van der Waals surface area (Å²) in [4.78, 5) is 63.1. The SMILES string of the molecule is C[C@H](CCC(=O)OCC(=O)NS(=O)(=O)C(F)(F)F)[C@H]1CC[C@H]2[C@@H]3C(=O)C[C@@H]4CC(=O)CCC4(C)[C@H]3CC(=O)[C@]12C. The zero-order chi connectivity index (χ0) is 29.8. The minimum atomic E-state index is -5.89. The van der Waals surface area contributed by atoms with Crippen molar-refractivity contribution in [3.8, 4) is 0 Å². The molecule has 4 rings (SSSR count). The molecule has 4 aliphatic carbocycles. The maximum Gasteiger partial charge on any atom is 0.516 e. The van der Waals surface area contributed by atoms with Crippen LogP contribution < -0.4 is 4.72 Å². The van der Waals surface area contributed by atoms with Crippen LogP contribution in [0.2, 0.25) is 0 Å². The molecule has 4 fully saturated rings. The molecule has 224 valence electrons. The molecule has 0 spiro atoms. The van der Waals surface area contributed by atoms with Gasteiger partial charge in [-0.15, -0.1) is 0 Å². The van der Waals surface area contributed by atoms with E-state index in [-0.39, 0.29) is 71.1 Å². The fourth-order valence-electron chi connectivity index (χ4n) is 8.39. The lowest BCUT2D eigenvalue weighted by molar-refractivity contribution is -0.166. The van der Waals surface area contributed by atoms with E-state index in [9.17, 15) is 45.6 Å². The summed E-state index contributed by atoms with van der Waals surface area (Å²) in [5, 5.41) is 0. The highest BCUT2D eigenvalue weighted by Crippen LogP contribution is 2.66. The Balaban J connectivity index is 1.37. The lowest BCUT2D eigenvalue weighted by Gasteiger charge is -2.58. The number of fused-ring (bicyclic) bond motifs is 5. The molecule has 0 aromatic carbocycles. The third-order valence-electron chi connectivity index (χ3n) is 10.6. The molecule has 40 heavy (non-hydrogen) atoms. The van der Waals surface area contributed by atoms with E-state index in [2.05, 4.69) is 11.7 Å². The number of hydrogen-bond donors (Lipinski definition) is 1. The second kappa shape index (κ2) is 10.5. The molecular weight excluding hydrogens is 555 g/mol. The average molecular weight is 592 g/mol. The lowest BCUT2D eigenvalue weighted by atomic mass is 9.44. The maximum atomic E-state index is 13.8. The molecule has 1 amide bonds. The fourth-order valence-corrected chi connectivity index (χ4v) is 8.87. The van der Waals surface area contributed by atoms with Gasteiger partial charge in [0.2, 0.25) is 0 Å². The van der Waals surface area contributed by atoms with Crippen LogP contribution in [0.5, 0.6) is 0 Å². The fraction of sp³-hybridized carbons (Fsp3) is 0.815. The Morgan fingerprint density at radius 2 is 1.75 bits per heavy atom. The van der Waals surface area contributed by atoms with Gasteiger partial charge in [0, 0.05) is 43.4 Å². The number of ketones is 3. The summed E-state index contributed by atoms with van der Waals surface area (Å²) in [5.41, 5.74) is -6.63. The number of halogens is 3. The number of ether oxygens (including phenoxy) is 1. The van der Waals surface area contributed by atoms with E-state index in [1.807, 2.05) is 13.8 Å². The van der Waals surface area contributed by atoms with Crippen LogP contribution in [0.15, 0.2) is 0 Å². The molecule has 13 heteroatoms. The van der Waals surface area contributed by atoms with Crippen molar-refractivity contribution < 1.29 is 50.3 Å². The van der Waals surface area contributed by atoms with Gasteiger partial charge in [0.25, 0.3) is 5.91 Å². The summed E-state index contributed by atoms with van der Waals surface area (Å²) in [6.45, 7) is 4.80. The number of hydrogen-bond acceptors (Lipinski definition) is 8. The number of rotatable bonds is 7. The topological polar surface area (TPSA) is 141 Å². The molecule has 0 aromatic rings. The van der Waals surface area contributed by atoms with Crippen molar-refractivity contribution >= 4 is 39.2 Å². The molecule has 0 aromatic heterocycles. The Morgan fingerprint density at radius 3 is 2.40 bits per heavy atom. The van der Waals surface area contributed by atoms with Crippen molar-refractivity contribution in [3.05, 3.63) is 0 Å². The molecule has 1 N–H and O–H groups in total. The van der Waals surface area contributed by atoms with Crippen LogP contribution in [0.1, 0.15) is 78.6 Å². The zero-order valence-corrected chi connectivity index (χ0v) is 23.7. The van der Waals surface area contributed by atoms with Crippen LogP contribution >= 0.6 is 0 Å². The monoisotopic (exact) mass is 591 g/mol. The van der Waals surface area contributed by atoms with Crippen LogP contribution in [0.25, 0.3) is 0 Å². The number of alkyl halides is 3. The Kier molecular flexibility index (Phi) is 8.05. The van der Waals surface area contributed by atoms with Crippen molar-refractivity contribution in [1.29, 1.82) is 0 Å². The van der Waals surface area contributed by atoms with Crippen molar-refractivity contribution in [2.75, 3.05) is 6.61 Å². The molecule has 1 unspecified atom stereocenters. The Morgan fingerprint density at radius 1 is 1.07 bits per heavy atom. The van der Waals surface area contributed by atoms with Crippen LogP contribution in [-0.2, 0) is 38.7 Å². The van der Waals surface area contributed by atoms with E-state index in [4.69, 9.17) is 0 Å². The number of carbonyl (C=O) groups excluding carboxylic acids is 5. The van der Waals surface area contributed by atoms with E-state index in [0.717, 1.165) is 4.72 Å². The molecule has 4 saturated carbocycles. The predicted molar refractivity (Wildman–Crippen MR) is 133 cm³/mol. The largest absolute Gasteiger partial charge is 0.516 e. The summed E-state index contributed by atoms with van der Waals surface area (Å²) in [5.74, 6) is -2.71. The van der Waals surface area contributed by atoms with E-state index < -0.39 is 39.4 Å². The molecule has 0 aliphatic heterocycles. The number of amides is 1. The Hall–Kier alpha value is -2.31. The normalized spacial score (nSPS) is 36.8. The molecule has 0 heterocycles. The average Bonchev–Trinajstić information content (AvgIpc) is 3.20. The van der Waals surface area contributed by atoms with Crippen LogP contribution in [-0.4, -0.2) is 49.8 Å². The van der Waals surface area contributed by atoms with E-state index in [0.29, 0.717) is 44.9 Å².